The third-order valence-electron chi connectivity index (χ3n) is 2.30. The highest BCUT2D eigenvalue weighted by Crippen LogP contribution is 2.17. The Morgan fingerprint density at radius 3 is 2.41 bits per heavy atom. The summed E-state index contributed by atoms with van der Waals surface area (Å²) in [5.74, 6) is -0.687. The van der Waals surface area contributed by atoms with Gasteiger partial charge in [-0.1, -0.05) is 6.92 Å². The molecule has 0 amide bonds. The van der Waals surface area contributed by atoms with E-state index in [-0.39, 0.29) is 24.0 Å². The molecule has 0 radical (unpaired) electrons. The minimum atomic E-state index is -0.354. The molecule has 0 fully saturated rings. The standard InChI is InChI=1S/C12H19NO4/c1-9(6-7-13)12(17-11(3)15)5-4-8-16-10(2)14/h9,12H,4-6,8H2,1-3H3/t9-,12+/m1/s1. The van der Waals surface area contributed by atoms with E-state index in [2.05, 4.69) is 6.07 Å². The maximum atomic E-state index is 10.9. The third kappa shape index (κ3) is 8.26. The predicted molar refractivity (Wildman–Crippen MR) is 60.8 cm³/mol. The third-order valence-corrected chi connectivity index (χ3v) is 2.30. The second-order valence-corrected chi connectivity index (χ2v) is 3.97. The van der Waals surface area contributed by atoms with Crippen LogP contribution in [0.25, 0.3) is 0 Å². The molecule has 0 bridgehead atoms. The van der Waals surface area contributed by atoms with Crippen molar-refractivity contribution >= 4 is 11.9 Å². The number of esters is 2. The number of ether oxygens (including phenoxy) is 2. The molecular weight excluding hydrogens is 222 g/mol. The fraction of sp³-hybridized carbons (Fsp3) is 0.750. The molecular formula is C12H19NO4. The summed E-state index contributed by atoms with van der Waals surface area (Å²) < 4.78 is 9.93. The summed E-state index contributed by atoms with van der Waals surface area (Å²) in [6.45, 7) is 4.87. The van der Waals surface area contributed by atoms with Crippen molar-refractivity contribution in [3.63, 3.8) is 0 Å². The topological polar surface area (TPSA) is 76.4 Å². The van der Waals surface area contributed by atoms with Crippen molar-refractivity contribution < 1.29 is 19.1 Å². The Bertz CT molecular complexity index is 295. The molecule has 0 saturated heterocycles. The van der Waals surface area contributed by atoms with Crippen LogP contribution in [-0.4, -0.2) is 24.6 Å². The van der Waals surface area contributed by atoms with Crippen LogP contribution in [0.2, 0.25) is 0 Å². The van der Waals surface area contributed by atoms with E-state index in [0.29, 0.717) is 25.9 Å². The largest absolute Gasteiger partial charge is 0.466 e. The minimum absolute atomic E-state index is 0.0128. The summed E-state index contributed by atoms with van der Waals surface area (Å²) >= 11 is 0. The number of nitrogens with zero attached hydrogens (tertiary/aromatic N) is 1. The molecule has 0 aromatic carbocycles. The van der Waals surface area contributed by atoms with Crippen LogP contribution in [0.4, 0.5) is 0 Å². The molecule has 0 heterocycles. The van der Waals surface area contributed by atoms with E-state index in [9.17, 15) is 9.59 Å². The van der Waals surface area contributed by atoms with Gasteiger partial charge in [0, 0.05) is 26.2 Å². The molecule has 0 aromatic rings. The number of carbonyl (C=O) groups is 2. The normalized spacial score (nSPS) is 13.3. The van der Waals surface area contributed by atoms with E-state index in [0.717, 1.165) is 0 Å². The van der Waals surface area contributed by atoms with Crippen molar-refractivity contribution in [1.29, 1.82) is 5.26 Å². The van der Waals surface area contributed by atoms with Gasteiger partial charge in [0.2, 0.25) is 0 Å². The maximum absolute atomic E-state index is 10.9. The first-order chi connectivity index (χ1) is 7.97. The van der Waals surface area contributed by atoms with Gasteiger partial charge in [0.15, 0.2) is 0 Å². The quantitative estimate of drug-likeness (QED) is 0.502. The average molecular weight is 241 g/mol. The molecule has 0 aromatic heterocycles. The molecule has 0 saturated carbocycles. The van der Waals surface area contributed by atoms with Gasteiger partial charge in [0.25, 0.3) is 0 Å². The summed E-state index contributed by atoms with van der Waals surface area (Å²) in [4.78, 5) is 21.5. The zero-order valence-electron chi connectivity index (χ0n) is 10.6. The summed E-state index contributed by atoms with van der Waals surface area (Å²) in [6.07, 6.45) is 1.26. The first-order valence-corrected chi connectivity index (χ1v) is 5.65. The second-order valence-electron chi connectivity index (χ2n) is 3.97. The molecule has 0 aliphatic heterocycles. The molecule has 0 rings (SSSR count). The van der Waals surface area contributed by atoms with Crippen LogP contribution in [0.1, 0.15) is 40.0 Å². The van der Waals surface area contributed by atoms with Crippen molar-refractivity contribution in [3.8, 4) is 6.07 Å². The van der Waals surface area contributed by atoms with Crippen LogP contribution in [-0.2, 0) is 19.1 Å². The minimum Gasteiger partial charge on any atom is -0.466 e. The Balaban J connectivity index is 4.06. The van der Waals surface area contributed by atoms with E-state index in [1.165, 1.54) is 13.8 Å². The molecule has 2 atom stereocenters. The van der Waals surface area contributed by atoms with Crippen molar-refractivity contribution in [1.82, 2.24) is 0 Å². The van der Waals surface area contributed by atoms with E-state index < -0.39 is 0 Å². The van der Waals surface area contributed by atoms with E-state index in [1.807, 2.05) is 6.92 Å². The summed E-state index contributed by atoms with van der Waals surface area (Å²) in [6, 6.07) is 2.05. The van der Waals surface area contributed by atoms with Crippen molar-refractivity contribution in [2.75, 3.05) is 6.61 Å². The van der Waals surface area contributed by atoms with Gasteiger partial charge in [0.05, 0.1) is 12.7 Å². The highest BCUT2D eigenvalue weighted by atomic mass is 16.5. The highest BCUT2D eigenvalue weighted by molar-refractivity contribution is 5.66. The van der Waals surface area contributed by atoms with Gasteiger partial charge >= 0.3 is 11.9 Å². The van der Waals surface area contributed by atoms with Crippen LogP contribution in [0.3, 0.4) is 0 Å². The van der Waals surface area contributed by atoms with Gasteiger partial charge in [-0.3, -0.25) is 9.59 Å². The lowest BCUT2D eigenvalue weighted by Gasteiger charge is -2.21. The zero-order valence-corrected chi connectivity index (χ0v) is 10.6. The highest BCUT2D eigenvalue weighted by Gasteiger charge is 2.19. The monoisotopic (exact) mass is 241 g/mol. The zero-order chi connectivity index (χ0) is 13.3. The van der Waals surface area contributed by atoms with Crippen LogP contribution < -0.4 is 0 Å². The molecule has 17 heavy (non-hydrogen) atoms. The lowest BCUT2D eigenvalue weighted by Crippen LogP contribution is -2.24. The number of hydrogen-bond acceptors (Lipinski definition) is 5. The second kappa shape index (κ2) is 8.57. The Morgan fingerprint density at radius 2 is 1.94 bits per heavy atom. The Kier molecular flexibility index (Phi) is 7.78. The van der Waals surface area contributed by atoms with Crippen LogP contribution in [0.15, 0.2) is 0 Å². The lowest BCUT2D eigenvalue weighted by molar-refractivity contribution is -0.150. The van der Waals surface area contributed by atoms with Gasteiger partial charge in [-0.25, -0.2) is 0 Å². The number of nitriles is 1. The first-order valence-electron chi connectivity index (χ1n) is 5.65. The fourth-order valence-corrected chi connectivity index (χ4v) is 1.45. The Hall–Kier alpha value is -1.57. The molecule has 0 N–H and O–H groups in total. The molecule has 5 nitrogen and oxygen atoms in total. The van der Waals surface area contributed by atoms with Crippen molar-refractivity contribution in [2.45, 2.75) is 46.1 Å². The molecule has 0 spiro atoms. The van der Waals surface area contributed by atoms with E-state index in [1.54, 1.807) is 0 Å². The van der Waals surface area contributed by atoms with Gasteiger partial charge in [0.1, 0.15) is 6.10 Å². The molecule has 96 valence electrons. The van der Waals surface area contributed by atoms with Gasteiger partial charge in [-0.15, -0.1) is 0 Å². The summed E-state index contributed by atoms with van der Waals surface area (Å²) in [7, 11) is 0. The van der Waals surface area contributed by atoms with Gasteiger partial charge in [-0.05, 0) is 12.8 Å². The number of carbonyl (C=O) groups excluding carboxylic acids is 2. The summed E-state index contributed by atoms with van der Waals surface area (Å²) in [5.41, 5.74) is 0. The first kappa shape index (κ1) is 15.4. The van der Waals surface area contributed by atoms with Crippen LogP contribution in [0, 0.1) is 17.2 Å². The van der Waals surface area contributed by atoms with E-state index in [4.69, 9.17) is 14.7 Å². The SMILES string of the molecule is CC(=O)OCCC[C@H](OC(C)=O)[C@H](C)CC#N. The fourth-order valence-electron chi connectivity index (χ4n) is 1.45. The maximum Gasteiger partial charge on any atom is 0.302 e. The van der Waals surface area contributed by atoms with E-state index >= 15 is 0 Å². The average Bonchev–Trinajstić information content (AvgIpc) is 2.22. The molecule has 0 unspecified atom stereocenters. The van der Waals surface area contributed by atoms with Gasteiger partial charge < -0.3 is 9.47 Å². The molecule has 0 aliphatic rings. The van der Waals surface area contributed by atoms with Crippen molar-refractivity contribution in [3.05, 3.63) is 0 Å². The summed E-state index contributed by atoms with van der Waals surface area (Å²) in [5, 5.41) is 8.60. The molecule has 0 aliphatic carbocycles. The Labute approximate surface area is 102 Å². The number of hydrogen-bond donors (Lipinski definition) is 0. The van der Waals surface area contributed by atoms with Crippen molar-refractivity contribution in [2.24, 2.45) is 5.92 Å². The van der Waals surface area contributed by atoms with Crippen LogP contribution in [0.5, 0.6) is 0 Å². The van der Waals surface area contributed by atoms with Crippen LogP contribution >= 0.6 is 0 Å². The lowest BCUT2D eigenvalue weighted by atomic mass is 9.97. The smallest absolute Gasteiger partial charge is 0.302 e. The predicted octanol–water partition coefficient (Wildman–Crippen LogP) is 1.81. The Morgan fingerprint density at radius 1 is 1.29 bits per heavy atom. The molecule has 5 heteroatoms. The number of rotatable bonds is 7. The van der Waals surface area contributed by atoms with Gasteiger partial charge in [-0.2, -0.15) is 5.26 Å².